The number of nitrogens with zero attached hydrogens (tertiary/aromatic N) is 2. The molecule has 1 aliphatic rings. The number of thiophene rings is 1. The van der Waals surface area contributed by atoms with Crippen molar-refractivity contribution < 1.29 is 23.7 Å². The minimum atomic E-state index is 0.00283. The Labute approximate surface area is 198 Å². The van der Waals surface area contributed by atoms with Gasteiger partial charge in [0.1, 0.15) is 13.2 Å². The number of anilines is 1. The maximum absolute atomic E-state index is 13.4. The van der Waals surface area contributed by atoms with Gasteiger partial charge in [0.2, 0.25) is 5.91 Å². The number of amides is 1. The van der Waals surface area contributed by atoms with E-state index in [1.54, 1.807) is 30.5 Å². The highest BCUT2D eigenvalue weighted by Gasteiger charge is 2.21. The molecule has 0 radical (unpaired) electrons. The van der Waals surface area contributed by atoms with Crippen molar-refractivity contribution >= 4 is 22.9 Å². The first-order chi connectivity index (χ1) is 16.1. The van der Waals surface area contributed by atoms with Crippen molar-refractivity contribution in [1.82, 2.24) is 4.90 Å². The number of benzene rings is 2. The fourth-order valence-electron chi connectivity index (χ4n) is 3.74. The molecule has 0 atom stereocenters. The van der Waals surface area contributed by atoms with E-state index in [9.17, 15) is 4.79 Å². The monoisotopic (exact) mass is 468 g/mol. The van der Waals surface area contributed by atoms with E-state index in [1.165, 1.54) is 0 Å². The van der Waals surface area contributed by atoms with Gasteiger partial charge in [-0.05, 0) is 48.3 Å². The zero-order chi connectivity index (χ0) is 23.2. The van der Waals surface area contributed by atoms with E-state index in [2.05, 4.69) is 0 Å². The second kappa shape index (κ2) is 10.6. The lowest BCUT2D eigenvalue weighted by molar-refractivity contribution is -0.119. The Kier molecular flexibility index (Phi) is 7.36. The zero-order valence-electron chi connectivity index (χ0n) is 19.1. The molecule has 0 fully saturated rings. The predicted molar refractivity (Wildman–Crippen MR) is 129 cm³/mol. The minimum absolute atomic E-state index is 0.00283. The van der Waals surface area contributed by atoms with Gasteiger partial charge in [-0.15, -0.1) is 11.3 Å². The molecular formula is C25H28N2O5S. The van der Waals surface area contributed by atoms with Gasteiger partial charge in [-0.1, -0.05) is 12.1 Å². The van der Waals surface area contributed by atoms with Crippen molar-refractivity contribution in [3.05, 3.63) is 64.4 Å². The molecule has 2 aromatic carbocycles. The maximum Gasteiger partial charge on any atom is 0.241 e. The van der Waals surface area contributed by atoms with Crippen LogP contribution in [0.2, 0.25) is 0 Å². The van der Waals surface area contributed by atoms with Crippen LogP contribution in [-0.4, -0.2) is 51.8 Å². The van der Waals surface area contributed by atoms with Crippen molar-refractivity contribution in [2.24, 2.45) is 0 Å². The normalized spacial score (nSPS) is 12.5. The number of carbonyl (C=O) groups excluding carboxylic acids is 1. The summed E-state index contributed by atoms with van der Waals surface area (Å²) < 4.78 is 22.1. The van der Waals surface area contributed by atoms with Crippen molar-refractivity contribution in [2.45, 2.75) is 13.1 Å². The highest BCUT2D eigenvalue weighted by molar-refractivity contribution is 7.09. The number of carbonyl (C=O) groups is 1. The molecule has 7 nitrogen and oxygen atoms in total. The van der Waals surface area contributed by atoms with Crippen LogP contribution in [0.1, 0.15) is 10.4 Å². The summed E-state index contributed by atoms with van der Waals surface area (Å²) in [5.74, 6) is 2.73. The molecule has 8 heteroatoms. The lowest BCUT2D eigenvalue weighted by Gasteiger charge is -2.27. The summed E-state index contributed by atoms with van der Waals surface area (Å²) in [6, 6.07) is 15.5. The number of ether oxygens (including phenoxy) is 4. The lowest BCUT2D eigenvalue weighted by Crippen LogP contribution is -2.38. The Morgan fingerprint density at radius 2 is 1.76 bits per heavy atom. The molecule has 0 unspecified atom stereocenters. The predicted octanol–water partition coefficient (Wildman–Crippen LogP) is 4.20. The second-order valence-electron chi connectivity index (χ2n) is 7.75. The van der Waals surface area contributed by atoms with E-state index in [0.717, 1.165) is 16.1 Å². The van der Waals surface area contributed by atoms with Crippen LogP contribution in [0.25, 0.3) is 0 Å². The smallest absolute Gasteiger partial charge is 0.241 e. The largest absolute Gasteiger partial charge is 0.493 e. The summed E-state index contributed by atoms with van der Waals surface area (Å²) in [6.07, 6.45) is 0. The number of fused-ring (bicyclic) bond motifs is 1. The summed E-state index contributed by atoms with van der Waals surface area (Å²) in [7, 11) is 5.16. The van der Waals surface area contributed by atoms with E-state index < -0.39 is 0 Å². The zero-order valence-corrected chi connectivity index (χ0v) is 19.9. The molecule has 0 bridgehead atoms. The summed E-state index contributed by atoms with van der Waals surface area (Å²) >= 11 is 1.63. The SMILES string of the molecule is COc1ccc(CN(C)CC(=O)N(Cc2cccs2)c2ccc3c(c2)OCCO3)cc1OC. The number of likely N-dealkylation sites (N-methyl/N-ethyl adjacent to an activating group) is 1. The van der Waals surface area contributed by atoms with Gasteiger partial charge < -0.3 is 23.8 Å². The van der Waals surface area contributed by atoms with Gasteiger partial charge in [0, 0.05) is 23.2 Å². The molecule has 33 heavy (non-hydrogen) atoms. The molecule has 1 aliphatic heterocycles. The average Bonchev–Trinajstić information content (AvgIpc) is 3.35. The molecule has 4 rings (SSSR count). The Morgan fingerprint density at radius 1 is 0.970 bits per heavy atom. The number of rotatable bonds is 9. The van der Waals surface area contributed by atoms with E-state index >= 15 is 0 Å². The molecule has 0 spiro atoms. The van der Waals surface area contributed by atoms with Gasteiger partial charge in [-0.3, -0.25) is 9.69 Å². The molecule has 0 N–H and O–H groups in total. The average molecular weight is 469 g/mol. The Hall–Kier alpha value is -3.23. The molecule has 0 saturated heterocycles. The fourth-order valence-corrected chi connectivity index (χ4v) is 4.44. The van der Waals surface area contributed by atoms with Crippen molar-refractivity contribution in [2.75, 3.05) is 45.9 Å². The van der Waals surface area contributed by atoms with Gasteiger partial charge >= 0.3 is 0 Å². The second-order valence-corrected chi connectivity index (χ2v) is 8.78. The minimum Gasteiger partial charge on any atom is -0.493 e. The number of hydrogen-bond donors (Lipinski definition) is 0. The van der Waals surface area contributed by atoms with Crippen molar-refractivity contribution in [3.63, 3.8) is 0 Å². The van der Waals surface area contributed by atoms with Crippen LogP contribution >= 0.6 is 11.3 Å². The first-order valence-corrected chi connectivity index (χ1v) is 11.6. The molecule has 0 aliphatic carbocycles. The topological polar surface area (TPSA) is 60.5 Å². The van der Waals surface area contributed by atoms with Crippen LogP contribution in [-0.2, 0) is 17.9 Å². The number of methoxy groups -OCH3 is 2. The quantitative estimate of drug-likeness (QED) is 0.469. The third kappa shape index (κ3) is 5.58. The summed E-state index contributed by atoms with van der Waals surface area (Å²) in [6.45, 7) is 2.39. The first-order valence-electron chi connectivity index (χ1n) is 10.7. The van der Waals surface area contributed by atoms with Crippen molar-refractivity contribution in [1.29, 1.82) is 0 Å². The van der Waals surface area contributed by atoms with Gasteiger partial charge in [0.15, 0.2) is 23.0 Å². The molecule has 174 valence electrons. The third-order valence-electron chi connectivity index (χ3n) is 5.34. The van der Waals surface area contributed by atoms with Crippen LogP contribution in [0, 0.1) is 0 Å². The van der Waals surface area contributed by atoms with Crippen LogP contribution in [0.15, 0.2) is 53.9 Å². The molecule has 3 aromatic rings. The summed E-state index contributed by atoms with van der Waals surface area (Å²) in [5, 5.41) is 2.02. The fraction of sp³-hybridized carbons (Fsp3) is 0.320. The third-order valence-corrected chi connectivity index (χ3v) is 6.20. The Morgan fingerprint density at radius 3 is 2.48 bits per heavy atom. The van der Waals surface area contributed by atoms with Crippen molar-refractivity contribution in [3.8, 4) is 23.0 Å². The van der Waals surface area contributed by atoms with Gasteiger partial charge in [-0.25, -0.2) is 0 Å². The first kappa shape index (κ1) is 22.9. The lowest BCUT2D eigenvalue weighted by atomic mass is 10.2. The number of hydrogen-bond acceptors (Lipinski definition) is 7. The highest BCUT2D eigenvalue weighted by atomic mass is 32.1. The van der Waals surface area contributed by atoms with E-state index in [1.807, 2.05) is 65.9 Å². The van der Waals surface area contributed by atoms with E-state index in [4.69, 9.17) is 18.9 Å². The van der Waals surface area contributed by atoms with E-state index in [-0.39, 0.29) is 12.5 Å². The Bertz CT molecular complexity index is 1090. The van der Waals surface area contributed by atoms with Crippen LogP contribution in [0.5, 0.6) is 23.0 Å². The van der Waals surface area contributed by atoms with Gasteiger partial charge in [0.25, 0.3) is 0 Å². The molecule has 1 amide bonds. The standard InChI is InChI=1S/C25H28N2O5S/c1-26(15-18-6-8-21(29-2)23(13-18)30-3)17-25(28)27(16-20-5-4-12-33-20)19-7-9-22-24(14-19)32-11-10-31-22/h4-9,12-14H,10-11,15-17H2,1-3H3. The van der Waals surface area contributed by atoms with Crippen LogP contribution < -0.4 is 23.8 Å². The molecule has 0 saturated carbocycles. The van der Waals surface area contributed by atoms with Gasteiger partial charge in [0.05, 0.1) is 27.3 Å². The van der Waals surface area contributed by atoms with Crippen LogP contribution in [0.4, 0.5) is 5.69 Å². The van der Waals surface area contributed by atoms with Gasteiger partial charge in [-0.2, -0.15) is 0 Å². The maximum atomic E-state index is 13.4. The van der Waals surface area contributed by atoms with E-state index in [0.29, 0.717) is 49.3 Å². The molecule has 2 heterocycles. The van der Waals surface area contributed by atoms with Crippen LogP contribution in [0.3, 0.4) is 0 Å². The Balaban J connectivity index is 1.50. The molecular weight excluding hydrogens is 440 g/mol. The highest BCUT2D eigenvalue weighted by Crippen LogP contribution is 2.35. The summed E-state index contributed by atoms with van der Waals surface area (Å²) in [5.41, 5.74) is 1.82. The molecule has 1 aromatic heterocycles. The summed E-state index contributed by atoms with van der Waals surface area (Å²) in [4.78, 5) is 18.3.